The second kappa shape index (κ2) is 6.34. The van der Waals surface area contributed by atoms with E-state index < -0.39 is 11.6 Å². The molecule has 1 fully saturated rings. The van der Waals surface area contributed by atoms with Crippen LogP contribution in [0, 0.1) is 5.92 Å². The summed E-state index contributed by atoms with van der Waals surface area (Å²) in [6.07, 6.45) is 4.29. The van der Waals surface area contributed by atoms with Crippen LogP contribution in [0.15, 0.2) is 42.7 Å². The number of carbonyl (C=O) groups is 1. The molecule has 1 amide bonds. The molecule has 122 valence electrons. The molecule has 0 spiro atoms. The second-order valence-electron chi connectivity index (χ2n) is 6.04. The summed E-state index contributed by atoms with van der Waals surface area (Å²) in [6, 6.07) is 8.92. The van der Waals surface area contributed by atoms with Crippen molar-refractivity contribution in [2.45, 2.75) is 18.5 Å². The number of nitrogens with one attached hydrogen (secondary N) is 1. The number of benzene rings is 1. The van der Waals surface area contributed by atoms with E-state index in [4.69, 9.17) is 16.7 Å². The largest absolute Gasteiger partial charge is 0.396 e. The van der Waals surface area contributed by atoms with E-state index in [0.717, 1.165) is 5.69 Å². The van der Waals surface area contributed by atoms with Crippen molar-refractivity contribution >= 4 is 17.5 Å². The zero-order chi connectivity index (χ0) is 16.4. The summed E-state index contributed by atoms with van der Waals surface area (Å²) < 4.78 is 16.1. The van der Waals surface area contributed by atoms with Gasteiger partial charge in [0.1, 0.15) is 5.67 Å². The Balaban J connectivity index is 1.69. The number of hydrogen-bond donors (Lipinski definition) is 2. The summed E-state index contributed by atoms with van der Waals surface area (Å²) in [7, 11) is 0. The van der Waals surface area contributed by atoms with E-state index >= 15 is 0 Å². The van der Waals surface area contributed by atoms with Crippen molar-refractivity contribution in [1.82, 2.24) is 9.88 Å². The first-order valence-corrected chi connectivity index (χ1v) is 7.89. The zero-order valence-electron chi connectivity index (χ0n) is 12.5. The minimum Gasteiger partial charge on any atom is -0.396 e. The Morgan fingerprint density at radius 1 is 1.39 bits per heavy atom. The summed E-state index contributed by atoms with van der Waals surface area (Å²) >= 11 is 6.10. The molecule has 1 heterocycles. The molecule has 23 heavy (non-hydrogen) atoms. The van der Waals surface area contributed by atoms with Gasteiger partial charge in [-0.15, -0.1) is 0 Å². The summed E-state index contributed by atoms with van der Waals surface area (Å²) in [6.45, 7) is -0.0726. The maximum atomic E-state index is 14.3. The molecule has 2 N–H and O–H groups in total. The molecular weight excluding hydrogens is 319 g/mol. The number of aliphatic hydroxyl groups is 1. The summed E-state index contributed by atoms with van der Waals surface area (Å²) in [5, 5.41) is 11.9. The average Bonchev–Trinajstić information content (AvgIpc) is 3.04. The van der Waals surface area contributed by atoms with Gasteiger partial charge in [-0.1, -0.05) is 11.6 Å². The van der Waals surface area contributed by atoms with Gasteiger partial charge in [0.2, 0.25) is 0 Å². The van der Waals surface area contributed by atoms with Crippen LogP contribution in [0.1, 0.15) is 23.2 Å². The van der Waals surface area contributed by atoms with E-state index in [9.17, 15) is 9.18 Å². The van der Waals surface area contributed by atoms with Gasteiger partial charge >= 0.3 is 0 Å². The molecule has 1 saturated carbocycles. The molecule has 2 aromatic rings. The van der Waals surface area contributed by atoms with Gasteiger partial charge in [0.15, 0.2) is 0 Å². The normalized spacial score (nSPS) is 23.3. The van der Waals surface area contributed by atoms with Gasteiger partial charge in [0.25, 0.3) is 5.91 Å². The Kier molecular flexibility index (Phi) is 4.41. The molecule has 0 aliphatic heterocycles. The topological polar surface area (TPSA) is 54.3 Å². The molecule has 0 radical (unpaired) electrons. The Morgan fingerprint density at radius 3 is 2.74 bits per heavy atom. The van der Waals surface area contributed by atoms with Crippen LogP contribution in [0.3, 0.4) is 0 Å². The lowest BCUT2D eigenvalue weighted by molar-refractivity contribution is -0.0160. The van der Waals surface area contributed by atoms with Gasteiger partial charge < -0.3 is 15.0 Å². The number of halogens is 2. The van der Waals surface area contributed by atoms with Crippen molar-refractivity contribution in [3.05, 3.63) is 53.3 Å². The molecule has 1 aromatic heterocycles. The van der Waals surface area contributed by atoms with Crippen LogP contribution in [-0.2, 0) is 0 Å². The monoisotopic (exact) mass is 336 g/mol. The first-order chi connectivity index (χ1) is 11.0. The highest BCUT2D eigenvalue weighted by atomic mass is 35.5. The third-order valence-corrected chi connectivity index (χ3v) is 4.56. The highest BCUT2D eigenvalue weighted by molar-refractivity contribution is 6.33. The van der Waals surface area contributed by atoms with Crippen molar-refractivity contribution in [3.8, 4) is 5.69 Å². The van der Waals surface area contributed by atoms with Crippen LogP contribution < -0.4 is 5.32 Å². The van der Waals surface area contributed by atoms with Gasteiger partial charge in [0, 0.05) is 24.7 Å². The van der Waals surface area contributed by atoms with Gasteiger partial charge in [-0.25, -0.2) is 4.39 Å². The van der Waals surface area contributed by atoms with Crippen molar-refractivity contribution in [3.63, 3.8) is 0 Å². The highest BCUT2D eigenvalue weighted by Crippen LogP contribution is 2.40. The molecule has 0 bridgehead atoms. The number of amides is 1. The summed E-state index contributed by atoms with van der Waals surface area (Å²) in [5.41, 5.74) is -0.295. The SMILES string of the molecule is O=C(NCC1(F)CC(CO)C1)c1cc(-n2cccc2)ccc1Cl. The number of aliphatic hydroxyl groups excluding tert-OH is 1. The quantitative estimate of drug-likeness (QED) is 0.882. The van der Waals surface area contributed by atoms with Gasteiger partial charge in [-0.3, -0.25) is 4.79 Å². The van der Waals surface area contributed by atoms with Crippen LogP contribution in [0.5, 0.6) is 0 Å². The minimum atomic E-state index is -1.42. The minimum absolute atomic E-state index is 0.00226. The maximum Gasteiger partial charge on any atom is 0.252 e. The average molecular weight is 337 g/mol. The number of nitrogens with zero attached hydrogens (tertiary/aromatic N) is 1. The molecule has 6 heteroatoms. The van der Waals surface area contributed by atoms with Crippen LogP contribution in [0.2, 0.25) is 5.02 Å². The molecule has 3 rings (SSSR count). The van der Waals surface area contributed by atoms with Crippen molar-refractivity contribution in [1.29, 1.82) is 0 Å². The Hall–Kier alpha value is -1.85. The first kappa shape index (κ1) is 16.0. The fourth-order valence-corrected chi connectivity index (χ4v) is 3.14. The van der Waals surface area contributed by atoms with Crippen LogP contribution in [-0.4, -0.2) is 34.4 Å². The molecule has 1 aliphatic rings. The van der Waals surface area contributed by atoms with Crippen molar-refractivity contribution in [2.75, 3.05) is 13.2 Å². The number of aromatic nitrogens is 1. The van der Waals surface area contributed by atoms with E-state index in [1.807, 2.05) is 35.2 Å². The molecular formula is C17H18ClFN2O2. The lowest BCUT2D eigenvalue weighted by atomic mass is 9.72. The van der Waals surface area contributed by atoms with Crippen LogP contribution in [0.25, 0.3) is 5.69 Å². The number of rotatable bonds is 5. The van der Waals surface area contributed by atoms with Crippen molar-refractivity contribution in [2.24, 2.45) is 5.92 Å². The Morgan fingerprint density at radius 2 is 2.09 bits per heavy atom. The fraction of sp³-hybridized carbons (Fsp3) is 0.353. The Bertz CT molecular complexity index is 697. The van der Waals surface area contributed by atoms with Gasteiger partial charge in [-0.2, -0.15) is 0 Å². The summed E-state index contributed by atoms with van der Waals surface area (Å²) in [5.74, 6) is -0.397. The van der Waals surface area contributed by atoms with E-state index in [1.54, 1.807) is 12.1 Å². The first-order valence-electron chi connectivity index (χ1n) is 7.52. The van der Waals surface area contributed by atoms with E-state index in [-0.39, 0.29) is 31.9 Å². The Labute approximate surface area is 138 Å². The van der Waals surface area contributed by atoms with Crippen molar-refractivity contribution < 1.29 is 14.3 Å². The number of hydrogen-bond acceptors (Lipinski definition) is 2. The number of carbonyl (C=O) groups excluding carboxylic acids is 1. The smallest absolute Gasteiger partial charge is 0.252 e. The standard InChI is InChI=1S/C17H18ClFN2O2/c18-15-4-3-13(21-5-1-2-6-21)7-14(15)16(23)20-11-17(19)8-12(9-17)10-22/h1-7,12,22H,8-11H2,(H,20,23). The maximum absolute atomic E-state index is 14.3. The van der Waals surface area contributed by atoms with E-state index in [2.05, 4.69) is 5.32 Å². The predicted molar refractivity (Wildman–Crippen MR) is 86.8 cm³/mol. The van der Waals surface area contributed by atoms with Crippen LogP contribution >= 0.6 is 11.6 Å². The van der Waals surface area contributed by atoms with Gasteiger partial charge in [0.05, 0.1) is 17.1 Å². The number of alkyl halides is 1. The predicted octanol–water partition coefficient (Wildman–Crippen LogP) is 2.97. The van der Waals surface area contributed by atoms with Gasteiger partial charge in [-0.05, 0) is 49.1 Å². The molecule has 0 unspecified atom stereocenters. The third kappa shape index (κ3) is 3.41. The molecule has 0 saturated heterocycles. The molecule has 1 aromatic carbocycles. The highest BCUT2D eigenvalue weighted by Gasteiger charge is 2.44. The lowest BCUT2D eigenvalue weighted by Gasteiger charge is -2.40. The summed E-state index contributed by atoms with van der Waals surface area (Å²) in [4.78, 5) is 12.3. The zero-order valence-corrected chi connectivity index (χ0v) is 13.3. The second-order valence-corrected chi connectivity index (χ2v) is 6.45. The lowest BCUT2D eigenvalue weighted by Crippen LogP contribution is -2.49. The van der Waals surface area contributed by atoms with E-state index in [0.29, 0.717) is 10.6 Å². The van der Waals surface area contributed by atoms with E-state index in [1.165, 1.54) is 0 Å². The molecule has 4 nitrogen and oxygen atoms in total. The fourth-order valence-electron chi connectivity index (χ4n) is 2.94. The van der Waals surface area contributed by atoms with Crippen LogP contribution in [0.4, 0.5) is 4.39 Å². The molecule has 0 atom stereocenters. The third-order valence-electron chi connectivity index (χ3n) is 4.23. The molecule has 1 aliphatic carbocycles.